The third-order valence-electron chi connectivity index (χ3n) is 7.09. The zero-order valence-electron chi connectivity index (χ0n) is 23.4. The average Bonchev–Trinajstić information content (AvgIpc) is 3.36. The maximum absolute atomic E-state index is 13.7. The van der Waals surface area contributed by atoms with Crippen LogP contribution in [0.25, 0.3) is 0 Å². The van der Waals surface area contributed by atoms with Gasteiger partial charge in [-0.3, -0.25) is 9.59 Å². The topological polar surface area (TPSA) is 80.3 Å². The first-order valence-corrected chi connectivity index (χ1v) is 13.4. The number of likely N-dealkylation sites (N-methyl/N-ethyl adjacent to an activating group) is 1. The van der Waals surface area contributed by atoms with E-state index in [1.54, 1.807) is 32.4 Å². The molecule has 0 aliphatic carbocycles. The highest BCUT2D eigenvalue weighted by atomic mass is 16.5. The lowest BCUT2D eigenvalue weighted by Crippen LogP contribution is -2.44. The highest BCUT2D eigenvalue weighted by Gasteiger charge is 2.33. The molecule has 2 aromatic rings. The molecule has 1 unspecified atom stereocenters. The number of carbonyl (C=O) groups is 2. The first-order valence-electron chi connectivity index (χ1n) is 13.4. The van der Waals surface area contributed by atoms with Crippen molar-refractivity contribution < 1.29 is 23.8 Å². The molecule has 0 saturated carbocycles. The van der Waals surface area contributed by atoms with Gasteiger partial charge in [0.25, 0.3) is 5.91 Å². The fourth-order valence-corrected chi connectivity index (χ4v) is 4.83. The Morgan fingerprint density at radius 1 is 0.974 bits per heavy atom. The number of hydrogen-bond donors (Lipinski definition) is 1. The van der Waals surface area contributed by atoms with E-state index < -0.39 is 0 Å². The summed E-state index contributed by atoms with van der Waals surface area (Å²) in [7, 11) is 5.12. The number of rotatable bonds is 14. The lowest BCUT2D eigenvalue weighted by atomic mass is 9.94. The number of methoxy groups -OCH3 is 2. The van der Waals surface area contributed by atoms with Crippen LogP contribution < -0.4 is 14.8 Å². The van der Waals surface area contributed by atoms with Crippen molar-refractivity contribution in [2.45, 2.75) is 32.7 Å². The van der Waals surface area contributed by atoms with Gasteiger partial charge in [0.2, 0.25) is 5.91 Å². The summed E-state index contributed by atoms with van der Waals surface area (Å²) in [5, 5.41) is 3.47. The molecule has 2 amide bonds. The number of benzene rings is 2. The van der Waals surface area contributed by atoms with E-state index in [1.165, 1.54) is 0 Å². The fourth-order valence-electron chi connectivity index (χ4n) is 4.83. The second-order valence-corrected chi connectivity index (χ2v) is 10.2. The molecule has 0 bridgehead atoms. The molecule has 1 fully saturated rings. The largest absolute Gasteiger partial charge is 0.493 e. The minimum absolute atomic E-state index is 0.0226. The Morgan fingerprint density at radius 2 is 1.68 bits per heavy atom. The molecule has 0 radical (unpaired) electrons. The minimum atomic E-state index is -0.0384. The molecule has 1 heterocycles. The quantitative estimate of drug-likeness (QED) is 0.381. The summed E-state index contributed by atoms with van der Waals surface area (Å²) in [4.78, 5) is 30.3. The van der Waals surface area contributed by atoms with Crippen LogP contribution in [-0.4, -0.2) is 88.3 Å². The van der Waals surface area contributed by atoms with Gasteiger partial charge in [0.1, 0.15) is 0 Å². The average molecular weight is 526 g/mol. The predicted molar refractivity (Wildman–Crippen MR) is 149 cm³/mol. The number of ether oxygens (including phenoxy) is 3. The summed E-state index contributed by atoms with van der Waals surface area (Å²) in [6.07, 6.45) is 1.14. The minimum Gasteiger partial charge on any atom is -0.493 e. The van der Waals surface area contributed by atoms with Crippen LogP contribution >= 0.6 is 0 Å². The molecule has 0 aromatic heterocycles. The number of nitrogens with one attached hydrogen (secondary N) is 1. The zero-order valence-corrected chi connectivity index (χ0v) is 23.4. The lowest BCUT2D eigenvalue weighted by molar-refractivity contribution is -0.129. The smallest absolute Gasteiger partial charge is 0.254 e. The Hall–Kier alpha value is -3.10. The van der Waals surface area contributed by atoms with E-state index in [2.05, 4.69) is 5.32 Å². The van der Waals surface area contributed by atoms with Crippen LogP contribution in [0.4, 0.5) is 0 Å². The number of carbonyl (C=O) groups excluding carboxylic acids is 2. The van der Waals surface area contributed by atoms with Crippen molar-refractivity contribution in [1.29, 1.82) is 0 Å². The van der Waals surface area contributed by atoms with Crippen LogP contribution in [0.1, 0.15) is 36.2 Å². The molecule has 0 spiro atoms. The van der Waals surface area contributed by atoms with Gasteiger partial charge in [-0.2, -0.15) is 0 Å². The van der Waals surface area contributed by atoms with E-state index >= 15 is 0 Å². The molecule has 3 rings (SSSR count). The lowest BCUT2D eigenvalue weighted by Gasteiger charge is -2.33. The van der Waals surface area contributed by atoms with E-state index in [1.807, 2.05) is 61.0 Å². The van der Waals surface area contributed by atoms with Crippen LogP contribution in [0.3, 0.4) is 0 Å². The van der Waals surface area contributed by atoms with Gasteiger partial charge in [-0.15, -0.1) is 0 Å². The Balaban J connectivity index is 1.65. The molecule has 1 aliphatic rings. The Labute approximate surface area is 227 Å². The predicted octanol–water partition coefficient (Wildman–Crippen LogP) is 3.50. The molecule has 2 aromatic carbocycles. The van der Waals surface area contributed by atoms with Crippen LogP contribution in [-0.2, 0) is 16.0 Å². The van der Waals surface area contributed by atoms with Crippen molar-refractivity contribution in [3.63, 3.8) is 0 Å². The van der Waals surface area contributed by atoms with Crippen LogP contribution in [0, 0.1) is 11.8 Å². The second-order valence-electron chi connectivity index (χ2n) is 10.2. The van der Waals surface area contributed by atoms with Crippen molar-refractivity contribution in [2.75, 3.05) is 60.7 Å². The van der Waals surface area contributed by atoms with Crippen molar-refractivity contribution in [3.05, 3.63) is 59.7 Å². The first kappa shape index (κ1) is 29.5. The summed E-state index contributed by atoms with van der Waals surface area (Å²) in [6, 6.07) is 15.2. The first-order chi connectivity index (χ1) is 18.3. The molecule has 8 nitrogen and oxygen atoms in total. The van der Waals surface area contributed by atoms with Gasteiger partial charge in [0.15, 0.2) is 11.5 Å². The van der Waals surface area contributed by atoms with Gasteiger partial charge < -0.3 is 29.3 Å². The van der Waals surface area contributed by atoms with Gasteiger partial charge in [-0.25, -0.2) is 0 Å². The molecule has 38 heavy (non-hydrogen) atoms. The van der Waals surface area contributed by atoms with Gasteiger partial charge in [-0.05, 0) is 49.4 Å². The van der Waals surface area contributed by atoms with Crippen LogP contribution in [0.5, 0.6) is 11.5 Å². The van der Waals surface area contributed by atoms with Gasteiger partial charge in [0.05, 0.1) is 20.1 Å². The van der Waals surface area contributed by atoms with Crippen molar-refractivity contribution in [1.82, 2.24) is 15.1 Å². The Bertz CT molecular complexity index is 1030. The molecule has 208 valence electrons. The summed E-state index contributed by atoms with van der Waals surface area (Å²) in [5.74, 6) is 1.73. The second kappa shape index (κ2) is 14.7. The highest BCUT2D eigenvalue weighted by molar-refractivity contribution is 5.95. The van der Waals surface area contributed by atoms with Crippen molar-refractivity contribution >= 4 is 11.8 Å². The monoisotopic (exact) mass is 525 g/mol. The number of hydrogen-bond acceptors (Lipinski definition) is 6. The van der Waals surface area contributed by atoms with E-state index in [9.17, 15) is 9.59 Å². The summed E-state index contributed by atoms with van der Waals surface area (Å²) in [6.45, 7) is 8.07. The third kappa shape index (κ3) is 8.20. The normalized spacial score (nSPS) is 16.9. The number of nitrogens with zero attached hydrogens (tertiary/aromatic N) is 2. The summed E-state index contributed by atoms with van der Waals surface area (Å²) >= 11 is 0. The highest BCUT2D eigenvalue weighted by Crippen LogP contribution is 2.30. The third-order valence-corrected chi connectivity index (χ3v) is 7.09. The van der Waals surface area contributed by atoms with E-state index in [0.717, 1.165) is 25.1 Å². The zero-order chi connectivity index (χ0) is 27.5. The van der Waals surface area contributed by atoms with Crippen LogP contribution in [0.2, 0.25) is 0 Å². The fraction of sp³-hybridized carbons (Fsp3) is 0.533. The molecule has 1 N–H and O–H groups in total. The van der Waals surface area contributed by atoms with Gasteiger partial charge in [-0.1, -0.05) is 30.3 Å². The van der Waals surface area contributed by atoms with Gasteiger partial charge in [0, 0.05) is 65.0 Å². The summed E-state index contributed by atoms with van der Waals surface area (Å²) < 4.78 is 16.4. The Kier molecular flexibility index (Phi) is 11.4. The molecular formula is C30H43N3O5. The van der Waals surface area contributed by atoms with Crippen LogP contribution in [0.15, 0.2) is 48.5 Å². The maximum atomic E-state index is 13.7. The molecule has 2 atom stereocenters. The van der Waals surface area contributed by atoms with E-state index in [0.29, 0.717) is 49.8 Å². The summed E-state index contributed by atoms with van der Waals surface area (Å²) in [5.41, 5.74) is 1.59. The standard InChI is InChI=1S/C30H43N3O5/c1-22(2)33(30(35)24-12-13-27(37-5)28(17-24)38-15-9-14-36-4)21-26-19-31-18-25(26)20-32(3)29(34)16-23-10-7-6-8-11-23/h6-8,10-13,17,22,25-26,31H,9,14-16,18-21H2,1-5H3/t25-,26?/m0/s1. The maximum Gasteiger partial charge on any atom is 0.254 e. The molecule has 8 heteroatoms. The molecule has 1 saturated heterocycles. The van der Waals surface area contributed by atoms with E-state index in [4.69, 9.17) is 14.2 Å². The van der Waals surface area contributed by atoms with Gasteiger partial charge >= 0.3 is 0 Å². The Morgan fingerprint density at radius 3 is 2.34 bits per heavy atom. The number of amides is 2. The van der Waals surface area contributed by atoms with Crippen molar-refractivity contribution in [2.24, 2.45) is 11.8 Å². The van der Waals surface area contributed by atoms with Crippen molar-refractivity contribution in [3.8, 4) is 11.5 Å². The SMILES string of the molecule is COCCCOc1cc(C(=O)N(CC2CNC[C@H]2CN(C)C(=O)Cc2ccccc2)C(C)C)ccc1OC. The molecular weight excluding hydrogens is 482 g/mol. The molecule has 1 aliphatic heterocycles. The van der Waals surface area contributed by atoms with E-state index in [-0.39, 0.29) is 29.7 Å².